The molecule has 24 heavy (non-hydrogen) atoms. The number of halogens is 1. The van der Waals surface area contributed by atoms with Gasteiger partial charge in [-0.3, -0.25) is 4.79 Å². The van der Waals surface area contributed by atoms with Crippen LogP contribution in [0.2, 0.25) is 5.02 Å². The molecule has 2 bridgehead atoms. The SMILES string of the molecule is O=C(CSc1nnc(-c2ccc(Cl)cc2)o1)N[C@@H]1C[C@H]2CC[C@H]1C2. The molecule has 0 radical (unpaired) electrons. The van der Waals surface area contributed by atoms with Crippen molar-refractivity contribution in [2.24, 2.45) is 11.8 Å². The maximum absolute atomic E-state index is 12.1. The minimum absolute atomic E-state index is 0.0452. The molecule has 7 heteroatoms. The highest BCUT2D eigenvalue weighted by molar-refractivity contribution is 7.99. The Labute approximate surface area is 149 Å². The number of benzene rings is 1. The van der Waals surface area contributed by atoms with Crippen molar-refractivity contribution in [3.05, 3.63) is 29.3 Å². The van der Waals surface area contributed by atoms with Crippen LogP contribution in [-0.4, -0.2) is 27.9 Å². The van der Waals surface area contributed by atoms with E-state index in [1.807, 2.05) is 12.1 Å². The average Bonchev–Trinajstić information content (AvgIpc) is 3.30. The first-order chi connectivity index (χ1) is 11.7. The zero-order valence-electron chi connectivity index (χ0n) is 13.1. The first kappa shape index (κ1) is 16.0. The Balaban J connectivity index is 1.30. The predicted octanol–water partition coefficient (Wildman–Crippen LogP) is 3.79. The van der Waals surface area contributed by atoms with Crippen molar-refractivity contribution in [3.8, 4) is 11.5 Å². The van der Waals surface area contributed by atoms with Crippen LogP contribution in [0.15, 0.2) is 33.9 Å². The lowest BCUT2D eigenvalue weighted by molar-refractivity contribution is -0.119. The van der Waals surface area contributed by atoms with Gasteiger partial charge in [0.1, 0.15) is 0 Å². The Morgan fingerprint density at radius 3 is 2.79 bits per heavy atom. The zero-order valence-corrected chi connectivity index (χ0v) is 14.6. The number of rotatable bonds is 5. The summed E-state index contributed by atoms with van der Waals surface area (Å²) in [7, 11) is 0. The van der Waals surface area contributed by atoms with Crippen LogP contribution in [0.4, 0.5) is 0 Å². The molecule has 0 unspecified atom stereocenters. The molecule has 0 aliphatic heterocycles. The van der Waals surface area contributed by atoms with Crippen LogP contribution >= 0.6 is 23.4 Å². The fourth-order valence-electron chi connectivity index (χ4n) is 3.77. The van der Waals surface area contributed by atoms with Gasteiger partial charge in [0.05, 0.1) is 5.75 Å². The summed E-state index contributed by atoms with van der Waals surface area (Å²) in [4.78, 5) is 12.1. The molecule has 1 N–H and O–H groups in total. The molecule has 1 aromatic carbocycles. The molecular weight excluding hydrogens is 346 g/mol. The summed E-state index contributed by atoms with van der Waals surface area (Å²) < 4.78 is 5.60. The van der Waals surface area contributed by atoms with Crippen LogP contribution in [-0.2, 0) is 4.79 Å². The number of amides is 1. The number of thioether (sulfide) groups is 1. The maximum Gasteiger partial charge on any atom is 0.277 e. The van der Waals surface area contributed by atoms with Gasteiger partial charge in [0.2, 0.25) is 11.8 Å². The molecule has 2 fully saturated rings. The van der Waals surface area contributed by atoms with Crippen molar-refractivity contribution in [2.75, 3.05) is 5.75 Å². The Morgan fingerprint density at radius 1 is 1.25 bits per heavy atom. The molecule has 0 saturated heterocycles. The summed E-state index contributed by atoms with van der Waals surface area (Å²) >= 11 is 7.14. The summed E-state index contributed by atoms with van der Waals surface area (Å²) in [6, 6.07) is 7.56. The van der Waals surface area contributed by atoms with Crippen LogP contribution in [0.25, 0.3) is 11.5 Å². The van der Waals surface area contributed by atoms with Crippen LogP contribution in [0, 0.1) is 11.8 Å². The molecule has 2 aliphatic carbocycles. The Kier molecular flexibility index (Phi) is 4.50. The number of nitrogens with one attached hydrogen (secondary N) is 1. The molecule has 1 heterocycles. The highest BCUT2D eigenvalue weighted by Gasteiger charge is 2.40. The van der Waals surface area contributed by atoms with E-state index >= 15 is 0 Å². The fourth-order valence-corrected chi connectivity index (χ4v) is 4.47. The summed E-state index contributed by atoms with van der Waals surface area (Å²) in [5.41, 5.74) is 0.810. The van der Waals surface area contributed by atoms with E-state index in [-0.39, 0.29) is 5.91 Å². The summed E-state index contributed by atoms with van der Waals surface area (Å²) in [5.74, 6) is 2.29. The van der Waals surface area contributed by atoms with Crippen molar-refractivity contribution in [2.45, 2.75) is 36.9 Å². The first-order valence-corrected chi connectivity index (χ1v) is 9.55. The summed E-state index contributed by atoms with van der Waals surface area (Å²) in [5, 5.41) is 12.2. The number of carbonyl (C=O) groups excluding carboxylic acids is 1. The minimum atomic E-state index is 0.0452. The smallest absolute Gasteiger partial charge is 0.277 e. The van der Waals surface area contributed by atoms with E-state index in [9.17, 15) is 4.79 Å². The molecule has 1 aromatic heterocycles. The second-order valence-electron chi connectivity index (χ2n) is 6.52. The van der Waals surface area contributed by atoms with E-state index < -0.39 is 0 Å². The summed E-state index contributed by atoms with van der Waals surface area (Å²) in [6.07, 6.45) is 5.02. The number of hydrogen-bond donors (Lipinski definition) is 1. The molecule has 2 aromatic rings. The molecule has 4 rings (SSSR count). The number of nitrogens with zero attached hydrogens (tertiary/aromatic N) is 2. The Hall–Kier alpha value is -1.53. The van der Waals surface area contributed by atoms with Crippen LogP contribution in [0.3, 0.4) is 0 Å². The number of fused-ring (bicyclic) bond motifs is 2. The van der Waals surface area contributed by atoms with Gasteiger partial charge in [-0.05, 0) is 55.4 Å². The average molecular weight is 364 g/mol. The van der Waals surface area contributed by atoms with Crippen molar-refractivity contribution < 1.29 is 9.21 Å². The lowest BCUT2D eigenvalue weighted by atomic mass is 9.95. The Bertz CT molecular complexity index is 734. The van der Waals surface area contributed by atoms with E-state index in [1.54, 1.807) is 12.1 Å². The van der Waals surface area contributed by atoms with Gasteiger partial charge in [-0.25, -0.2) is 0 Å². The largest absolute Gasteiger partial charge is 0.411 e. The first-order valence-electron chi connectivity index (χ1n) is 8.19. The number of hydrogen-bond acceptors (Lipinski definition) is 5. The Morgan fingerprint density at radius 2 is 2.08 bits per heavy atom. The quantitative estimate of drug-likeness (QED) is 0.818. The van der Waals surface area contributed by atoms with Crippen molar-refractivity contribution in [1.82, 2.24) is 15.5 Å². The van der Waals surface area contributed by atoms with Gasteiger partial charge in [0.25, 0.3) is 5.22 Å². The number of aromatic nitrogens is 2. The maximum atomic E-state index is 12.1. The fraction of sp³-hybridized carbons (Fsp3) is 0.471. The molecule has 2 saturated carbocycles. The van der Waals surface area contributed by atoms with Gasteiger partial charge in [0, 0.05) is 16.6 Å². The molecule has 126 valence electrons. The topological polar surface area (TPSA) is 68.0 Å². The van der Waals surface area contributed by atoms with Crippen molar-refractivity contribution >= 4 is 29.3 Å². The second-order valence-corrected chi connectivity index (χ2v) is 7.88. The van der Waals surface area contributed by atoms with Gasteiger partial charge >= 0.3 is 0 Å². The van der Waals surface area contributed by atoms with Crippen LogP contribution in [0.5, 0.6) is 0 Å². The van der Waals surface area contributed by atoms with E-state index in [4.69, 9.17) is 16.0 Å². The number of carbonyl (C=O) groups is 1. The lowest BCUT2D eigenvalue weighted by Crippen LogP contribution is -2.39. The zero-order chi connectivity index (χ0) is 16.5. The van der Waals surface area contributed by atoms with Gasteiger partial charge in [-0.1, -0.05) is 29.8 Å². The highest BCUT2D eigenvalue weighted by Crippen LogP contribution is 2.44. The van der Waals surface area contributed by atoms with E-state index in [2.05, 4.69) is 15.5 Å². The van der Waals surface area contributed by atoms with Gasteiger partial charge < -0.3 is 9.73 Å². The lowest BCUT2D eigenvalue weighted by Gasteiger charge is -2.22. The molecule has 5 nitrogen and oxygen atoms in total. The molecule has 3 atom stereocenters. The molecule has 2 aliphatic rings. The predicted molar refractivity (Wildman–Crippen MR) is 92.8 cm³/mol. The van der Waals surface area contributed by atoms with E-state index in [0.717, 1.165) is 17.9 Å². The van der Waals surface area contributed by atoms with Gasteiger partial charge in [-0.2, -0.15) is 0 Å². The van der Waals surface area contributed by atoms with Crippen molar-refractivity contribution in [1.29, 1.82) is 0 Å². The standard InChI is InChI=1S/C17H18ClN3O2S/c18-13-5-3-11(4-6-13)16-20-21-17(23-16)24-9-15(22)19-14-8-10-1-2-12(14)7-10/h3-6,10,12,14H,1-2,7-9H2,(H,19,22)/t10-,12-,14+/m0/s1. The third-order valence-electron chi connectivity index (χ3n) is 4.91. The molecular formula is C17H18ClN3O2S. The van der Waals surface area contributed by atoms with Crippen LogP contribution in [0.1, 0.15) is 25.7 Å². The van der Waals surface area contributed by atoms with Gasteiger partial charge in [0.15, 0.2) is 0 Å². The molecule has 0 spiro atoms. The minimum Gasteiger partial charge on any atom is -0.411 e. The highest BCUT2D eigenvalue weighted by atomic mass is 35.5. The monoisotopic (exact) mass is 363 g/mol. The van der Waals surface area contributed by atoms with Crippen LogP contribution < -0.4 is 5.32 Å². The van der Waals surface area contributed by atoms with Gasteiger partial charge in [-0.15, -0.1) is 10.2 Å². The summed E-state index contributed by atoms with van der Waals surface area (Å²) in [6.45, 7) is 0. The van der Waals surface area contributed by atoms with E-state index in [0.29, 0.717) is 33.8 Å². The third-order valence-corrected chi connectivity index (χ3v) is 5.98. The van der Waals surface area contributed by atoms with Crippen molar-refractivity contribution in [3.63, 3.8) is 0 Å². The normalized spacial score (nSPS) is 25.1. The molecule has 1 amide bonds. The van der Waals surface area contributed by atoms with E-state index in [1.165, 1.54) is 31.0 Å². The third kappa shape index (κ3) is 3.44. The second kappa shape index (κ2) is 6.76.